The fourth-order valence-corrected chi connectivity index (χ4v) is 3.36. The molecule has 10 nitrogen and oxygen atoms in total. The number of methoxy groups -OCH3 is 1. The number of fused-ring (bicyclic) bond motifs is 1. The van der Waals surface area contributed by atoms with Crippen molar-refractivity contribution in [2.75, 3.05) is 32.2 Å². The molecule has 1 fully saturated rings. The van der Waals surface area contributed by atoms with Gasteiger partial charge in [-0.15, -0.1) is 0 Å². The second kappa shape index (κ2) is 8.12. The molecule has 1 saturated heterocycles. The van der Waals surface area contributed by atoms with Crippen LogP contribution >= 0.6 is 0 Å². The Morgan fingerprint density at radius 2 is 2.16 bits per heavy atom. The van der Waals surface area contributed by atoms with Crippen LogP contribution < -0.4 is 25.2 Å². The van der Waals surface area contributed by atoms with Crippen molar-refractivity contribution < 1.29 is 37.6 Å². The standard InChI is InChI=1S/C19H19F2N3O7/c1-28-12-6-10(7-13-15(12)30-5-4-29-13)16(26)22-14-2-3-24(18(27)23-14)17-19(20,21)8-11(9-25)31-17/h2-3,6-7,11,17,25H,4-5,8-9H2,1H3,(H,22,23,26,27). The molecule has 2 atom stereocenters. The van der Waals surface area contributed by atoms with Gasteiger partial charge in [-0.05, 0) is 18.2 Å². The number of carbonyl (C=O) groups is 1. The van der Waals surface area contributed by atoms with E-state index in [1.165, 1.54) is 25.3 Å². The lowest BCUT2D eigenvalue weighted by Gasteiger charge is -2.21. The van der Waals surface area contributed by atoms with E-state index in [4.69, 9.17) is 24.1 Å². The van der Waals surface area contributed by atoms with Crippen molar-refractivity contribution in [2.24, 2.45) is 0 Å². The number of ether oxygens (including phenoxy) is 4. The zero-order chi connectivity index (χ0) is 22.2. The number of aliphatic hydroxyl groups excluding tert-OH is 1. The van der Waals surface area contributed by atoms with Crippen molar-refractivity contribution in [3.8, 4) is 17.2 Å². The minimum absolute atomic E-state index is 0.139. The van der Waals surface area contributed by atoms with Crippen LogP contribution in [0.15, 0.2) is 29.2 Å². The lowest BCUT2D eigenvalue weighted by molar-refractivity contribution is -0.120. The van der Waals surface area contributed by atoms with Crippen molar-refractivity contribution in [3.63, 3.8) is 0 Å². The molecule has 0 radical (unpaired) electrons. The summed E-state index contributed by atoms with van der Waals surface area (Å²) in [6.07, 6.45) is -2.65. The summed E-state index contributed by atoms with van der Waals surface area (Å²) < 4.78 is 50.1. The van der Waals surface area contributed by atoms with E-state index in [9.17, 15) is 18.4 Å². The zero-order valence-corrected chi connectivity index (χ0v) is 16.3. The van der Waals surface area contributed by atoms with Gasteiger partial charge in [0.1, 0.15) is 19.0 Å². The molecule has 12 heteroatoms. The molecule has 2 aliphatic rings. The first-order valence-corrected chi connectivity index (χ1v) is 9.34. The van der Waals surface area contributed by atoms with E-state index in [0.717, 1.165) is 6.20 Å². The molecular weight excluding hydrogens is 420 g/mol. The number of aliphatic hydroxyl groups is 1. The number of nitrogens with zero attached hydrogens (tertiary/aromatic N) is 2. The summed E-state index contributed by atoms with van der Waals surface area (Å²) in [7, 11) is 1.42. The number of aromatic nitrogens is 2. The normalized spacial score (nSPS) is 21.5. The first kappa shape index (κ1) is 21.0. The Kier molecular flexibility index (Phi) is 5.50. The number of alkyl halides is 2. The highest BCUT2D eigenvalue weighted by Gasteiger charge is 2.51. The number of hydrogen-bond acceptors (Lipinski definition) is 8. The van der Waals surface area contributed by atoms with Gasteiger partial charge >= 0.3 is 5.69 Å². The molecule has 1 amide bonds. The average Bonchev–Trinajstić information content (AvgIpc) is 3.07. The number of amides is 1. The van der Waals surface area contributed by atoms with Gasteiger partial charge in [-0.1, -0.05) is 0 Å². The molecule has 2 unspecified atom stereocenters. The summed E-state index contributed by atoms with van der Waals surface area (Å²) in [5.41, 5.74) is -0.885. The summed E-state index contributed by atoms with van der Waals surface area (Å²) in [5.74, 6) is -3.11. The van der Waals surface area contributed by atoms with E-state index >= 15 is 0 Å². The highest BCUT2D eigenvalue weighted by molar-refractivity contribution is 6.04. The molecule has 0 spiro atoms. The number of nitrogens with one attached hydrogen (secondary N) is 1. The summed E-state index contributed by atoms with van der Waals surface area (Å²) in [5, 5.41) is 11.5. The van der Waals surface area contributed by atoms with E-state index in [-0.39, 0.29) is 11.4 Å². The quantitative estimate of drug-likeness (QED) is 0.713. The van der Waals surface area contributed by atoms with Crippen LogP contribution in [-0.4, -0.2) is 59.5 Å². The van der Waals surface area contributed by atoms with Crippen molar-refractivity contribution in [2.45, 2.75) is 24.7 Å². The van der Waals surface area contributed by atoms with E-state index in [1.54, 1.807) is 0 Å². The molecule has 1 aromatic heterocycles. The maximum absolute atomic E-state index is 14.1. The van der Waals surface area contributed by atoms with Crippen LogP contribution in [0.5, 0.6) is 17.2 Å². The van der Waals surface area contributed by atoms with E-state index < -0.39 is 42.9 Å². The van der Waals surface area contributed by atoms with E-state index in [1.807, 2.05) is 0 Å². The average molecular weight is 439 g/mol. The molecule has 4 rings (SSSR count). The van der Waals surface area contributed by atoms with Crippen LogP contribution in [0.4, 0.5) is 14.6 Å². The van der Waals surface area contributed by atoms with Crippen LogP contribution in [-0.2, 0) is 4.74 Å². The molecule has 0 saturated carbocycles. The predicted octanol–water partition coefficient (Wildman–Crippen LogP) is 1.19. The van der Waals surface area contributed by atoms with Crippen LogP contribution in [0.1, 0.15) is 23.0 Å². The van der Waals surface area contributed by atoms with Gasteiger partial charge in [0.25, 0.3) is 11.8 Å². The third-order valence-electron chi connectivity index (χ3n) is 4.80. The highest BCUT2D eigenvalue weighted by atomic mass is 19.3. The van der Waals surface area contributed by atoms with E-state index in [2.05, 4.69) is 10.3 Å². The second-order valence-corrected chi connectivity index (χ2v) is 6.92. The maximum atomic E-state index is 14.1. The fourth-order valence-electron chi connectivity index (χ4n) is 3.36. The van der Waals surface area contributed by atoms with Gasteiger partial charge in [0.15, 0.2) is 11.5 Å². The number of benzene rings is 1. The summed E-state index contributed by atoms with van der Waals surface area (Å²) >= 11 is 0. The van der Waals surface area contributed by atoms with Gasteiger partial charge in [-0.3, -0.25) is 9.36 Å². The van der Waals surface area contributed by atoms with Crippen LogP contribution in [0.25, 0.3) is 0 Å². The molecule has 3 heterocycles. The van der Waals surface area contributed by atoms with Crippen LogP contribution in [0.3, 0.4) is 0 Å². The number of carbonyl (C=O) groups excluding carboxylic acids is 1. The lowest BCUT2D eigenvalue weighted by Crippen LogP contribution is -2.35. The van der Waals surface area contributed by atoms with Crippen molar-refractivity contribution in [1.82, 2.24) is 9.55 Å². The Labute approximate surface area is 174 Å². The van der Waals surface area contributed by atoms with Gasteiger partial charge in [0.05, 0.1) is 19.8 Å². The topological polar surface area (TPSA) is 121 Å². The zero-order valence-electron chi connectivity index (χ0n) is 16.3. The largest absolute Gasteiger partial charge is 0.493 e. The van der Waals surface area contributed by atoms with Crippen molar-refractivity contribution >= 4 is 11.7 Å². The van der Waals surface area contributed by atoms with E-state index in [0.29, 0.717) is 35.0 Å². The number of rotatable bonds is 5. The maximum Gasteiger partial charge on any atom is 0.351 e. The Bertz CT molecular complexity index is 1040. The Morgan fingerprint density at radius 1 is 1.39 bits per heavy atom. The smallest absolute Gasteiger partial charge is 0.351 e. The predicted molar refractivity (Wildman–Crippen MR) is 101 cm³/mol. The third kappa shape index (κ3) is 4.03. The third-order valence-corrected chi connectivity index (χ3v) is 4.80. The molecule has 0 bridgehead atoms. The van der Waals surface area contributed by atoms with Crippen LogP contribution in [0, 0.1) is 0 Å². The minimum atomic E-state index is -3.36. The van der Waals surface area contributed by atoms with Gasteiger partial charge in [-0.2, -0.15) is 4.98 Å². The van der Waals surface area contributed by atoms with Gasteiger partial charge in [0.2, 0.25) is 12.0 Å². The SMILES string of the molecule is COc1cc(C(=O)Nc2ccn(C3OC(CO)CC3(F)F)c(=O)n2)cc2c1OCCO2. The monoisotopic (exact) mass is 439 g/mol. The van der Waals surface area contributed by atoms with Crippen LogP contribution in [0.2, 0.25) is 0 Å². The molecule has 1 aromatic carbocycles. The fraction of sp³-hybridized carbons (Fsp3) is 0.421. The first-order valence-electron chi connectivity index (χ1n) is 9.34. The molecular formula is C19H19F2N3O7. The van der Waals surface area contributed by atoms with Gasteiger partial charge < -0.3 is 29.4 Å². The van der Waals surface area contributed by atoms with Crippen molar-refractivity contribution in [1.29, 1.82) is 0 Å². The number of hydrogen-bond donors (Lipinski definition) is 2. The molecule has 31 heavy (non-hydrogen) atoms. The molecule has 2 aromatic rings. The minimum Gasteiger partial charge on any atom is -0.493 e. The summed E-state index contributed by atoms with van der Waals surface area (Å²) in [6, 6.07) is 4.09. The number of anilines is 1. The Balaban J connectivity index is 1.55. The molecule has 2 aliphatic heterocycles. The summed E-state index contributed by atoms with van der Waals surface area (Å²) in [6.45, 7) is 0.0609. The molecule has 0 aliphatic carbocycles. The molecule has 166 valence electrons. The highest BCUT2D eigenvalue weighted by Crippen LogP contribution is 2.42. The Hall–Kier alpha value is -3.25. The van der Waals surface area contributed by atoms with Gasteiger partial charge in [-0.25, -0.2) is 13.6 Å². The van der Waals surface area contributed by atoms with Crippen molar-refractivity contribution in [3.05, 3.63) is 40.4 Å². The number of halogens is 2. The first-order chi connectivity index (χ1) is 14.8. The second-order valence-electron chi connectivity index (χ2n) is 6.92. The molecule has 2 N–H and O–H groups in total. The Morgan fingerprint density at radius 3 is 2.84 bits per heavy atom. The van der Waals surface area contributed by atoms with Gasteiger partial charge in [0, 0.05) is 18.2 Å². The summed E-state index contributed by atoms with van der Waals surface area (Å²) in [4.78, 5) is 28.6. The lowest BCUT2D eigenvalue weighted by atomic mass is 10.1.